The predicted octanol–water partition coefficient (Wildman–Crippen LogP) is 1.56. The molecular formula is C16H13N3O3. The first-order valence-corrected chi connectivity index (χ1v) is 6.66. The quantitative estimate of drug-likeness (QED) is 0.567. The first-order chi connectivity index (χ1) is 10.7. The van der Waals surface area contributed by atoms with Crippen LogP contribution in [0.4, 0.5) is 0 Å². The predicted molar refractivity (Wildman–Crippen MR) is 80.8 cm³/mol. The fraction of sp³-hybridized carbons (Fsp3) is 0.0625. The number of nitrogens with zero attached hydrogens (tertiary/aromatic N) is 2. The molecule has 0 radical (unpaired) electrons. The number of pyridine rings is 2. The maximum absolute atomic E-state index is 12.5. The first kappa shape index (κ1) is 14.0. The van der Waals surface area contributed by atoms with Crippen LogP contribution in [0.15, 0.2) is 59.7 Å². The fourth-order valence-electron chi connectivity index (χ4n) is 2.28. The van der Waals surface area contributed by atoms with Crippen LogP contribution in [-0.2, 0) is 6.54 Å². The maximum Gasteiger partial charge on any atom is 0.274 e. The summed E-state index contributed by atoms with van der Waals surface area (Å²) < 4.78 is 1.53. The lowest BCUT2D eigenvalue weighted by Crippen LogP contribution is -2.22. The van der Waals surface area contributed by atoms with E-state index in [0.717, 1.165) is 11.1 Å². The molecule has 0 aliphatic rings. The van der Waals surface area contributed by atoms with Crippen LogP contribution in [0, 0.1) is 0 Å². The largest absolute Gasteiger partial charge is 0.309 e. The van der Waals surface area contributed by atoms with Gasteiger partial charge in [0.1, 0.15) is 0 Å². The van der Waals surface area contributed by atoms with E-state index in [1.165, 1.54) is 10.6 Å². The Bertz CT molecular complexity index is 888. The molecule has 0 atom stereocenters. The maximum atomic E-state index is 12.5. The van der Waals surface area contributed by atoms with Crippen molar-refractivity contribution in [1.29, 1.82) is 0 Å². The summed E-state index contributed by atoms with van der Waals surface area (Å²) in [5.74, 6) is -0.651. The molecule has 3 aromatic rings. The summed E-state index contributed by atoms with van der Waals surface area (Å²) in [5.41, 5.74) is 2.35. The van der Waals surface area contributed by atoms with Gasteiger partial charge in [-0.25, -0.2) is 5.48 Å². The topological polar surface area (TPSA) is 84.2 Å². The van der Waals surface area contributed by atoms with Crippen LogP contribution in [0.2, 0.25) is 0 Å². The molecular weight excluding hydrogens is 282 g/mol. The highest BCUT2D eigenvalue weighted by atomic mass is 16.5. The second-order valence-electron chi connectivity index (χ2n) is 4.81. The fourth-order valence-corrected chi connectivity index (χ4v) is 2.28. The van der Waals surface area contributed by atoms with Crippen LogP contribution >= 0.6 is 0 Å². The Labute approximate surface area is 125 Å². The highest BCUT2D eigenvalue weighted by Crippen LogP contribution is 2.12. The third kappa shape index (κ3) is 2.59. The molecule has 0 fully saturated rings. The summed E-state index contributed by atoms with van der Waals surface area (Å²) in [5, 5.41) is 9.84. The Morgan fingerprint density at radius 3 is 2.82 bits per heavy atom. The van der Waals surface area contributed by atoms with Crippen molar-refractivity contribution in [3.63, 3.8) is 0 Å². The van der Waals surface area contributed by atoms with E-state index in [0.29, 0.717) is 11.9 Å². The summed E-state index contributed by atoms with van der Waals surface area (Å²) in [6.45, 7) is 0.353. The molecule has 22 heavy (non-hydrogen) atoms. The second-order valence-corrected chi connectivity index (χ2v) is 4.81. The van der Waals surface area contributed by atoms with Gasteiger partial charge in [-0.2, -0.15) is 0 Å². The van der Waals surface area contributed by atoms with Gasteiger partial charge in [-0.3, -0.25) is 19.8 Å². The van der Waals surface area contributed by atoms with Crippen LogP contribution in [0.1, 0.15) is 16.1 Å². The summed E-state index contributed by atoms with van der Waals surface area (Å²) in [6, 6.07) is 12.0. The average molecular weight is 295 g/mol. The van der Waals surface area contributed by atoms with Crippen LogP contribution < -0.4 is 11.0 Å². The summed E-state index contributed by atoms with van der Waals surface area (Å²) >= 11 is 0. The number of carbonyl (C=O) groups excluding carboxylic acids is 1. The average Bonchev–Trinajstić information content (AvgIpc) is 2.57. The van der Waals surface area contributed by atoms with Gasteiger partial charge in [-0.15, -0.1) is 0 Å². The molecule has 2 heterocycles. The minimum Gasteiger partial charge on any atom is -0.309 e. The van der Waals surface area contributed by atoms with E-state index in [-0.39, 0.29) is 11.1 Å². The number of aromatic nitrogens is 2. The normalized spacial score (nSPS) is 10.6. The number of fused-ring (bicyclic) bond motifs is 1. The van der Waals surface area contributed by atoms with Crippen LogP contribution in [0.5, 0.6) is 0 Å². The van der Waals surface area contributed by atoms with Gasteiger partial charge in [0.05, 0.1) is 12.2 Å². The molecule has 6 heteroatoms. The number of hydrogen-bond donors (Lipinski definition) is 2. The monoisotopic (exact) mass is 295 g/mol. The SMILES string of the molecule is O=C(NO)c1ccc2ccn(Cc3ccccn3)c(=O)c2c1. The van der Waals surface area contributed by atoms with E-state index in [1.807, 2.05) is 18.2 Å². The Hall–Kier alpha value is -2.99. The van der Waals surface area contributed by atoms with E-state index in [4.69, 9.17) is 5.21 Å². The Balaban J connectivity index is 2.08. The zero-order valence-corrected chi connectivity index (χ0v) is 11.6. The summed E-state index contributed by atoms with van der Waals surface area (Å²) in [7, 11) is 0. The van der Waals surface area contributed by atoms with Crippen LogP contribution in [0.25, 0.3) is 10.8 Å². The van der Waals surface area contributed by atoms with Crippen LogP contribution in [0.3, 0.4) is 0 Å². The van der Waals surface area contributed by atoms with Gasteiger partial charge in [0.2, 0.25) is 0 Å². The minimum absolute atomic E-state index is 0.212. The zero-order valence-electron chi connectivity index (χ0n) is 11.6. The zero-order chi connectivity index (χ0) is 15.5. The van der Waals surface area contributed by atoms with Gasteiger partial charge in [-0.05, 0) is 35.7 Å². The van der Waals surface area contributed by atoms with E-state index in [1.54, 1.807) is 36.1 Å². The Morgan fingerprint density at radius 2 is 2.09 bits per heavy atom. The molecule has 0 bridgehead atoms. The number of benzene rings is 1. The number of hydrogen-bond acceptors (Lipinski definition) is 4. The Morgan fingerprint density at radius 1 is 1.23 bits per heavy atom. The van der Waals surface area contributed by atoms with E-state index in [9.17, 15) is 9.59 Å². The molecule has 1 aromatic carbocycles. The minimum atomic E-state index is -0.651. The standard InChI is InChI=1S/C16H13N3O3/c20-15(18-22)12-5-4-11-6-8-19(16(21)14(11)9-12)10-13-3-1-2-7-17-13/h1-9,22H,10H2,(H,18,20). The number of rotatable bonds is 3. The third-order valence-electron chi connectivity index (χ3n) is 3.40. The molecule has 6 nitrogen and oxygen atoms in total. The van der Waals surface area contributed by atoms with Crippen molar-refractivity contribution < 1.29 is 10.0 Å². The van der Waals surface area contributed by atoms with Gasteiger partial charge in [0.15, 0.2) is 0 Å². The highest BCUT2D eigenvalue weighted by Gasteiger charge is 2.09. The van der Waals surface area contributed by atoms with Crippen molar-refractivity contribution in [3.05, 3.63) is 76.5 Å². The molecule has 3 rings (SSSR count). The number of nitrogens with one attached hydrogen (secondary N) is 1. The number of amides is 1. The third-order valence-corrected chi connectivity index (χ3v) is 3.40. The van der Waals surface area contributed by atoms with E-state index >= 15 is 0 Å². The summed E-state index contributed by atoms with van der Waals surface area (Å²) in [4.78, 5) is 28.2. The van der Waals surface area contributed by atoms with Crippen molar-refractivity contribution in [2.24, 2.45) is 0 Å². The van der Waals surface area contributed by atoms with E-state index in [2.05, 4.69) is 4.98 Å². The van der Waals surface area contributed by atoms with Crippen molar-refractivity contribution >= 4 is 16.7 Å². The molecule has 0 spiro atoms. The number of carbonyl (C=O) groups is 1. The van der Waals surface area contributed by atoms with E-state index < -0.39 is 5.91 Å². The molecule has 0 saturated heterocycles. The molecule has 0 saturated carbocycles. The molecule has 2 aromatic heterocycles. The number of hydroxylamine groups is 1. The Kier molecular flexibility index (Phi) is 3.67. The molecule has 1 amide bonds. The van der Waals surface area contributed by atoms with Gasteiger partial charge in [0.25, 0.3) is 11.5 Å². The lowest BCUT2D eigenvalue weighted by Gasteiger charge is -2.07. The molecule has 0 unspecified atom stereocenters. The van der Waals surface area contributed by atoms with Gasteiger partial charge in [0, 0.05) is 23.3 Å². The van der Waals surface area contributed by atoms with Gasteiger partial charge < -0.3 is 4.57 Å². The van der Waals surface area contributed by atoms with Crippen molar-refractivity contribution in [3.8, 4) is 0 Å². The molecule has 0 aliphatic heterocycles. The van der Waals surface area contributed by atoms with Crippen molar-refractivity contribution in [1.82, 2.24) is 15.0 Å². The molecule has 2 N–H and O–H groups in total. The smallest absolute Gasteiger partial charge is 0.274 e. The van der Waals surface area contributed by atoms with Crippen LogP contribution in [-0.4, -0.2) is 20.7 Å². The molecule has 110 valence electrons. The highest BCUT2D eigenvalue weighted by molar-refractivity contribution is 5.97. The first-order valence-electron chi connectivity index (χ1n) is 6.66. The van der Waals surface area contributed by atoms with Gasteiger partial charge >= 0.3 is 0 Å². The summed E-state index contributed by atoms with van der Waals surface area (Å²) in [6.07, 6.45) is 3.37. The lowest BCUT2D eigenvalue weighted by atomic mass is 10.1. The van der Waals surface area contributed by atoms with Gasteiger partial charge in [-0.1, -0.05) is 12.1 Å². The second kappa shape index (κ2) is 5.79. The van der Waals surface area contributed by atoms with Crippen molar-refractivity contribution in [2.75, 3.05) is 0 Å². The lowest BCUT2D eigenvalue weighted by molar-refractivity contribution is 0.0706. The molecule has 0 aliphatic carbocycles. The van der Waals surface area contributed by atoms with Crippen molar-refractivity contribution in [2.45, 2.75) is 6.54 Å².